The van der Waals surface area contributed by atoms with Crippen molar-refractivity contribution in [2.45, 2.75) is 26.8 Å². The van der Waals surface area contributed by atoms with E-state index in [1.54, 1.807) is 4.90 Å². The lowest BCUT2D eigenvalue weighted by Crippen LogP contribution is -2.28. The molecule has 2 aromatic rings. The van der Waals surface area contributed by atoms with Crippen LogP contribution in [-0.4, -0.2) is 17.9 Å². The number of benzene rings is 2. The topological polar surface area (TPSA) is 46.3 Å². The van der Waals surface area contributed by atoms with Crippen LogP contribution >= 0.6 is 0 Å². The molecule has 0 bridgehead atoms. The zero-order chi connectivity index (χ0) is 15.4. The molecule has 0 unspecified atom stereocenters. The number of hydrogen-bond acceptors (Lipinski definition) is 2. The molecule has 0 aliphatic heterocycles. The van der Waals surface area contributed by atoms with Gasteiger partial charge in [-0.05, 0) is 42.7 Å². The van der Waals surface area contributed by atoms with Crippen LogP contribution in [0.4, 0.5) is 5.69 Å². The molecule has 0 radical (unpaired) electrons. The number of anilines is 1. The summed E-state index contributed by atoms with van der Waals surface area (Å²) < 4.78 is 0. The van der Waals surface area contributed by atoms with Crippen LogP contribution in [0.2, 0.25) is 0 Å². The van der Waals surface area contributed by atoms with Crippen LogP contribution in [0.5, 0.6) is 0 Å². The molecule has 0 fully saturated rings. The van der Waals surface area contributed by atoms with Crippen molar-refractivity contribution < 1.29 is 4.79 Å². The third-order valence-corrected chi connectivity index (χ3v) is 3.64. The molecule has 0 aliphatic carbocycles. The van der Waals surface area contributed by atoms with Crippen molar-refractivity contribution >= 4 is 11.6 Å². The molecule has 3 nitrogen and oxygen atoms in total. The molecular weight excluding hydrogens is 260 g/mol. The highest BCUT2D eigenvalue weighted by atomic mass is 16.2. The number of nitrogens with zero attached hydrogens (tertiary/aromatic N) is 1. The third kappa shape index (κ3) is 4.09. The van der Waals surface area contributed by atoms with Gasteiger partial charge in [0, 0.05) is 19.3 Å². The van der Waals surface area contributed by atoms with Crippen LogP contribution in [0.25, 0.3) is 0 Å². The van der Waals surface area contributed by atoms with Gasteiger partial charge >= 0.3 is 0 Å². The Morgan fingerprint density at radius 2 is 1.90 bits per heavy atom. The number of rotatable bonds is 4. The highest BCUT2D eigenvalue weighted by Gasteiger charge is 2.11. The first-order valence-electron chi connectivity index (χ1n) is 7.10. The highest BCUT2D eigenvalue weighted by Crippen LogP contribution is 2.14. The largest absolute Gasteiger partial charge is 0.399 e. The molecule has 21 heavy (non-hydrogen) atoms. The smallest absolute Gasteiger partial charge is 0.227 e. The number of carbonyl (C=O) groups excluding carboxylic acids is 1. The Hall–Kier alpha value is -2.29. The van der Waals surface area contributed by atoms with E-state index in [9.17, 15) is 4.79 Å². The Balaban J connectivity index is 2.02. The van der Waals surface area contributed by atoms with Gasteiger partial charge in [-0.3, -0.25) is 4.79 Å². The maximum absolute atomic E-state index is 12.3. The molecule has 0 atom stereocenters. The normalized spacial score (nSPS) is 10.4. The van der Waals surface area contributed by atoms with Gasteiger partial charge in [0.25, 0.3) is 0 Å². The summed E-state index contributed by atoms with van der Waals surface area (Å²) in [5.41, 5.74) is 11.0. The molecule has 0 saturated carbocycles. The monoisotopic (exact) mass is 282 g/mol. The Labute approximate surface area is 126 Å². The number of carbonyl (C=O) groups is 1. The number of likely N-dealkylation sites (N-methyl/N-ethyl adjacent to an activating group) is 1. The Kier molecular flexibility index (Phi) is 4.63. The fourth-order valence-electron chi connectivity index (χ4n) is 2.38. The van der Waals surface area contributed by atoms with Crippen molar-refractivity contribution in [3.05, 3.63) is 64.7 Å². The number of amides is 1. The summed E-state index contributed by atoms with van der Waals surface area (Å²) in [4.78, 5) is 14.1. The van der Waals surface area contributed by atoms with Gasteiger partial charge in [-0.1, -0.05) is 35.9 Å². The second kappa shape index (κ2) is 6.44. The van der Waals surface area contributed by atoms with Gasteiger partial charge in [0.05, 0.1) is 6.42 Å². The fourth-order valence-corrected chi connectivity index (χ4v) is 2.38. The summed E-state index contributed by atoms with van der Waals surface area (Å²) >= 11 is 0. The summed E-state index contributed by atoms with van der Waals surface area (Å²) in [6.45, 7) is 4.79. The van der Waals surface area contributed by atoms with Crippen LogP contribution in [0.1, 0.15) is 22.3 Å². The van der Waals surface area contributed by atoms with E-state index in [1.807, 2.05) is 31.3 Å². The predicted octanol–water partition coefficient (Wildman–Crippen LogP) is 3.09. The number of hydrogen-bond donors (Lipinski definition) is 1. The Bertz CT molecular complexity index is 649. The number of nitrogen functional groups attached to an aromatic ring is 1. The lowest BCUT2D eigenvalue weighted by atomic mass is 10.0. The first-order chi connectivity index (χ1) is 9.95. The Morgan fingerprint density at radius 1 is 1.14 bits per heavy atom. The second-order valence-electron chi connectivity index (χ2n) is 5.60. The summed E-state index contributed by atoms with van der Waals surface area (Å²) in [7, 11) is 1.84. The first kappa shape index (κ1) is 15.1. The molecule has 0 heterocycles. The van der Waals surface area contributed by atoms with Crippen LogP contribution in [0.15, 0.2) is 42.5 Å². The number of nitrogens with two attached hydrogens (primary N) is 1. The van der Waals surface area contributed by atoms with Crippen LogP contribution in [0.3, 0.4) is 0 Å². The van der Waals surface area contributed by atoms with Crippen molar-refractivity contribution in [2.24, 2.45) is 0 Å². The quantitative estimate of drug-likeness (QED) is 0.876. The maximum Gasteiger partial charge on any atom is 0.227 e. The minimum atomic E-state index is 0.0978. The van der Waals surface area contributed by atoms with Gasteiger partial charge < -0.3 is 10.6 Å². The predicted molar refractivity (Wildman–Crippen MR) is 86.9 cm³/mol. The van der Waals surface area contributed by atoms with Crippen molar-refractivity contribution in [3.63, 3.8) is 0 Å². The van der Waals surface area contributed by atoms with E-state index >= 15 is 0 Å². The summed E-state index contributed by atoms with van der Waals surface area (Å²) in [5.74, 6) is 0.0978. The van der Waals surface area contributed by atoms with Gasteiger partial charge in [-0.15, -0.1) is 0 Å². The highest BCUT2D eigenvalue weighted by molar-refractivity contribution is 5.78. The minimum Gasteiger partial charge on any atom is -0.399 e. The zero-order valence-corrected chi connectivity index (χ0v) is 12.9. The summed E-state index contributed by atoms with van der Waals surface area (Å²) in [6, 6.07) is 13.8. The molecule has 1 amide bonds. The van der Waals surface area contributed by atoms with Crippen molar-refractivity contribution in [1.29, 1.82) is 0 Å². The molecule has 0 spiro atoms. The van der Waals surface area contributed by atoms with Crippen LogP contribution < -0.4 is 5.73 Å². The SMILES string of the molecule is Cc1ccc(CN(C)C(=O)Cc2cccc(N)c2)c(C)c1. The molecule has 2 aromatic carbocycles. The minimum absolute atomic E-state index is 0.0978. The summed E-state index contributed by atoms with van der Waals surface area (Å²) in [6.07, 6.45) is 0.381. The summed E-state index contributed by atoms with van der Waals surface area (Å²) in [5, 5.41) is 0. The second-order valence-corrected chi connectivity index (χ2v) is 5.60. The molecular formula is C18H22N2O. The fraction of sp³-hybridized carbons (Fsp3) is 0.278. The maximum atomic E-state index is 12.3. The Morgan fingerprint density at radius 3 is 2.57 bits per heavy atom. The van der Waals surface area contributed by atoms with Crippen molar-refractivity contribution in [2.75, 3.05) is 12.8 Å². The molecule has 0 aliphatic rings. The average molecular weight is 282 g/mol. The molecule has 2 rings (SSSR count). The zero-order valence-electron chi connectivity index (χ0n) is 12.9. The van der Waals surface area contributed by atoms with Gasteiger partial charge in [0.2, 0.25) is 5.91 Å². The molecule has 110 valence electrons. The van der Waals surface area contributed by atoms with E-state index in [0.29, 0.717) is 18.7 Å². The van der Waals surface area contributed by atoms with Crippen molar-refractivity contribution in [1.82, 2.24) is 4.90 Å². The van der Waals surface area contributed by atoms with E-state index < -0.39 is 0 Å². The van der Waals surface area contributed by atoms with Gasteiger partial charge in [-0.2, -0.15) is 0 Å². The molecule has 0 aromatic heterocycles. The van der Waals surface area contributed by atoms with Gasteiger partial charge in [-0.25, -0.2) is 0 Å². The van der Waals surface area contributed by atoms with Crippen LogP contribution in [0, 0.1) is 13.8 Å². The molecule has 0 saturated heterocycles. The van der Waals surface area contributed by atoms with E-state index in [0.717, 1.165) is 5.56 Å². The third-order valence-electron chi connectivity index (χ3n) is 3.64. The molecule has 2 N–H and O–H groups in total. The van der Waals surface area contributed by atoms with Crippen LogP contribution in [-0.2, 0) is 17.8 Å². The van der Waals surface area contributed by atoms with Gasteiger partial charge in [0.15, 0.2) is 0 Å². The number of aryl methyl sites for hydroxylation is 2. The van der Waals surface area contributed by atoms with E-state index in [4.69, 9.17) is 5.73 Å². The van der Waals surface area contributed by atoms with E-state index in [2.05, 4.69) is 32.0 Å². The first-order valence-corrected chi connectivity index (χ1v) is 7.10. The molecule has 3 heteroatoms. The average Bonchev–Trinajstić information content (AvgIpc) is 2.41. The van der Waals surface area contributed by atoms with E-state index in [1.165, 1.54) is 16.7 Å². The lowest BCUT2D eigenvalue weighted by Gasteiger charge is -2.19. The van der Waals surface area contributed by atoms with E-state index in [-0.39, 0.29) is 5.91 Å². The van der Waals surface area contributed by atoms with Gasteiger partial charge in [0.1, 0.15) is 0 Å². The van der Waals surface area contributed by atoms with Crippen molar-refractivity contribution in [3.8, 4) is 0 Å². The standard InChI is InChI=1S/C18H22N2O/c1-13-7-8-16(14(2)9-13)12-20(3)18(21)11-15-5-4-6-17(19)10-15/h4-10H,11-12,19H2,1-3H3. The lowest BCUT2D eigenvalue weighted by molar-refractivity contribution is -0.129.